The van der Waals surface area contributed by atoms with E-state index in [-0.39, 0.29) is 42.7 Å². The first-order valence-electron chi connectivity index (χ1n) is 11.1. The molecule has 0 saturated carbocycles. The molecule has 0 fully saturated rings. The number of fused-ring (bicyclic) bond motifs is 1. The van der Waals surface area contributed by atoms with Gasteiger partial charge in [-0.25, -0.2) is 18.4 Å². The van der Waals surface area contributed by atoms with E-state index >= 15 is 0 Å². The minimum absolute atomic E-state index is 0.186. The van der Waals surface area contributed by atoms with E-state index in [2.05, 4.69) is 20.5 Å². The molecule has 0 unspecified atom stereocenters. The van der Waals surface area contributed by atoms with Gasteiger partial charge in [-0.3, -0.25) is 18.8 Å². The number of nitrogens with one attached hydrogen (secondary N) is 1. The highest BCUT2D eigenvalue weighted by Crippen LogP contribution is 2.19. The molecule has 3 aromatic heterocycles. The maximum atomic E-state index is 13.5. The van der Waals surface area contributed by atoms with Crippen LogP contribution in [0.3, 0.4) is 0 Å². The lowest BCUT2D eigenvalue weighted by atomic mass is 10.1. The van der Waals surface area contributed by atoms with Gasteiger partial charge in [0.05, 0.1) is 25.0 Å². The molecule has 2 aromatic carbocycles. The molecule has 5 aromatic rings. The molecule has 11 heteroatoms. The van der Waals surface area contributed by atoms with Gasteiger partial charge in [-0.15, -0.1) is 0 Å². The van der Waals surface area contributed by atoms with E-state index in [1.807, 2.05) is 0 Å². The molecule has 9 nitrogen and oxygen atoms in total. The number of aryl methyl sites for hydroxylation is 1. The second-order valence-corrected chi connectivity index (χ2v) is 8.21. The fourth-order valence-corrected chi connectivity index (χ4v) is 3.91. The second-order valence-electron chi connectivity index (χ2n) is 8.21. The van der Waals surface area contributed by atoms with E-state index in [9.17, 15) is 18.4 Å². The van der Waals surface area contributed by atoms with Crippen molar-refractivity contribution < 1.29 is 13.6 Å². The van der Waals surface area contributed by atoms with Gasteiger partial charge >= 0.3 is 0 Å². The molecule has 0 radical (unpaired) electrons. The number of aromatic nitrogens is 6. The fourth-order valence-electron chi connectivity index (χ4n) is 3.91. The Morgan fingerprint density at radius 2 is 1.86 bits per heavy atom. The Bertz CT molecular complexity index is 1620. The summed E-state index contributed by atoms with van der Waals surface area (Å²) < 4.78 is 31.0. The van der Waals surface area contributed by atoms with Gasteiger partial charge in [-0.2, -0.15) is 10.2 Å². The predicted octanol–water partition coefficient (Wildman–Crippen LogP) is 2.75. The SMILES string of the molecule is Cn1nc(-c2ccc(F)cc2)cc1C(=O)NCCn1ncc2c(=O)n(Cc3cccc(F)c3)cnc21. The van der Waals surface area contributed by atoms with E-state index in [0.717, 1.165) is 0 Å². The van der Waals surface area contributed by atoms with Crippen molar-refractivity contribution >= 4 is 16.9 Å². The summed E-state index contributed by atoms with van der Waals surface area (Å²) in [5.41, 5.74) is 2.35. The van der Waals surface area contributed by atoms with Gasteiger partial charge in [0.15, 0.2) is 5.65 Å². The molecule has 182 valence electrons. The van der Waals surface area contributed by atoms with Gasteiger partial charge in [0, 0.05) is 19.2 Å². The van der Waals surface area contributed by atoms with Crippen LogP contribution >= 0.6 is 0 Å². The monoisotopic (exact) mass is 489 g/mol. The first-order chi connectivity index (χ1) is 17.4. The number of rotatable bonds is 7. The summed E-state index contributed by atoms with van der Waals surface area (Å²) in [7, 11) is 1.65. The predicted molar refractivity (Wildman–Crippen MR) is 128 cm³/mol. The molecule has 36 heavy (non-hydrogen) atoms. The highest BCUT2D eigenvalue weighted by molar-refractivity contribution is 5.93. The van der Waals surface area contributed by atoms with Gasteiger partial charge in [0.25, 0.3) is 11.5 Å². The Hall–Kier alpha value is -4.67. The third kappa shape index (κ3) is 4.63. The van der Waals surface area contributed by atoms with Crippen LogP contribution in [0.15, 0.2) is 71.9 Å². The summed E-state index contributed by atoms with van der Waals surface area (Å²) in [6, 6.07) is 13.5. The number of benzene rings is 2. The van der Waals surface area contributed by atoms with Gasteiger partial charge in [0.2, 0.25) is 0 Å². The lowest BCUT2D eigenvalue weighted by molar-refractivity contribution is 0.0942. The molecule has 0 aliphatic heterocycles. The Labute approximate surface area is 203 Å². The Morgan fingerprint density at radius 1 is 1.06 bits per heavy atom. The normalized spacial score (nSPS) is 11.2. The van der Waals surface area contributed by atoms with Crippen LogP contribution in [0.5, 0.6) is 0 Å². The van der Waals surface area contributed by atoms with Gasteiger partial charge in [0.1, 0.15) is 29.0 Å². The molecular formula is C25H21F2N7O2. The zero-order chi connectivity index (χ0) is 25.2. The molecule has 1 N–H and O–H groups in total. The third-order valence-electron chi connectivity index (χ3n) is 5.73. The van der Waals surface area contributed by atoms with Crippen molar-refractivity contribution in [2.75, 3.05) is 6.54 Å². The molecule has 3 heterocycles. The number of nitrogens with zero attached hydrogens (tertiary/aromatic N) is 6. The average Bonchev–Trinajstić information content (AvgIpc) is 3.45. The Morgan fingerprint density at radius 3 is 2.64 bits per heavy atom. The maximum absolute atomic E-state index is 13.5. The summed E-state index contributed by atoms with van der Waals surface area (Å²) in [5, 5.41) is 11.7. The summed E-state index contributed by atoms with van der Waals surface area (Å²) in [4.78, 5) is 29.9. The molecule has 0 bridgehead atoms. The molecule has 0 atom stereocenters. The van der Waals surface area contributed by atoms with Crippen molar-refractivity contribution in [3.05, 3.63) is 100 Å². The first kappa shape index (κ1) is 23.1. The van der Waals surface area contributed by atoms with Crippen LogP contribution in [-0.2, 0) is 20.1 Å². The van der Waals surface area contributed by atoms with Crippen LogP contribution in [0.25, 0.3) is 22.3 Å². The fraction of sp³-hybridized carbons (Fsp3) is 0.160. The summed E-state index contributed by atoms with van der Waals surface area (Å²) >= 11 is 0. The molecule has 0 aliphatic carbocycles. The maximum Gasteiger partial charge on any atom is 0.269 e. The van der Waals surface area contributed by atoms with Crippen molar-refractivity contribution in [2.24, 2.45) is 7.05 Å². The van der Waals surface area contributed by atoms with Crippen molar-refractivity contribution in [1.82, 2.24) is 34.4 Å². The molecule has 1 amide bonds. The van der Waals surface area contributed by atoms with E-state index in [1.54, 1.807) is 37.4 Å². The summed E-state index contributed by atoms with van der Waals surface area (Å²) in [6.45, 7) is 0.713. The standard InChI is InChI=1S/C25H21F2N7O2/c1-32-22(12-21(31-32)17-5-7-18(26)8-6-17)24(35)28-9-10-34-23-20(13-30-34)25(36)33(15-29-23)14-16-3-2-4-19(27)11-16/h2-8,11-13,15H,9-10,14H2,1H3,(H,28,35). The Kier molecular flexibility index (Phi) is 6.11. The number of amides is 1. The van der Waals surface area contributed by atoms with Crippen LogP contribution in [0, 0.1) is 11.6 Å². The number of carbonyl (C=O) groups excluding carboxylic acids is 1. The van der Waals surface area contributed by atoms with Crippen molar-refractivity contribution in [3.63, 3.8) is 0 Å². The lowest BCUT2D eigenvalue weighted by Crippen LogP contribution is -2.29. The quantitative estimate of drug-likeness (QED) is 0.379. The Balaban J connectivity index is 1.26. The summed E-state index contributed by atoms with van der Waals surface area (Å²) in [5.74, 6) is -1.05. The topological polar surface area (TPSA) is 99.6 Å². The number of hydrogen-bond acceptors (Lipinski definition) is 5. The van der Waals surface area contributed by atoms with Crippen LogP contribution in [-0.4, -0.2) is 41.6 Å². The lowest BCUT2D eigenvalue weighted by Gasteiger charge is -2.08. The number of carbonyl (C=O) groups is 1. The van der Waals surface area contributed by atoms with E-state index in [4.69, 9.17) is 0 Å². The zero-order valence-corrected chi connectivity index (χ0v) is 19.2. The average molecular weight is 489 g/mol. The van der Waals surface area contributed by atoms with Crippen molar-refractivity contribution in [3.8, 4) is 11.3 Å². The van der Waals surface area contributed by atoms with Gasteiger partial charge in [-0.05, 0) is 48.0 Å². The van der Waals surface area contributed by atoms with Gasteiger partial charge in [-0.1, -0.05) is 12.1 Å². The largest absolute Gasteiger partial charge is 0.349 e. The highest BCUT2D eigenvalue weighted by Gasteiger charge is 2.15. The van der Waals surface area contributed by atoms with Crippen LogP contribution < -0.4 is 10.9 Å². The minimum Gasteiger partial charge on any atom is -0.349 e. The second kappa shape index (κ2) is 9.53. The number of halogens is 2. The summed E-state index contributed by atoms with van der Waals surface area (Å²) in [6.07, 6.45) is 2.84. The van der Waals surface area contributed by atoms with E-state index in [0.29, 0.717) is 33.5 Å². The molecule has 0 spiro atoms. The minimum atomic E-state index is -0.373. The highest BCUT2D eigenvalue weighted by atomic mass is 19.1. The van der Waals surface area contributed by atoms with Crippen LogP contribution in [0.4, 0.5) is 8.78 Å². The molecular weight excluding hydrogens is 468 g/mol. The van der Waals surface area contributed by atoms with Crippen LogP contribution in [0.1, 0.15) is 16.1 Å². The van der Waals surface area contributed by atoms with Crippen LogP contribution in [0.2, 0.25) is 0 Å². The first-order valence-corrected chi connectivity index (χ1v) is 11.1. The van der Waals surface area contributed by atoms with Crippen molar-refractivity contribution in [1.29, 1.82) is 0 Å². The molecule has 5 rings (SSSR count). The van der Waals surface area contributed by atoms with E-state index in [1.165, 1.54) is 50.7 Å². The molecule has 0 saturated heterocycles. The van der Waals surface area contributed by atoms with Gasteiger partial charge < -0.3 is 5.32 Å². The number of hydrogen-bond donors (Lipinski definition) is 1. The van der Waals surface area contributed by atoms with Crippen molar-refractivity contribution in [2.45, 2.75) is 13.1 Å². The molecule has 0 aliphatic rings. The zero-order valence-electron chi connectivity index (χ0n) is 19.2. The smallest absolute Gasteiger partial charge is 0.269 e. The third-order valence-corrected chi connectivity index (χ3v) is 5.73. The van der Waals surface area contributed by atoms with E-state index < -0.39 is 0 Å².